The summed E-state index contributed by atoms with van der Waals surface area (Å²) in [5.74, 6) is -1.80. The van der Waals surface area contributed by atoms with Crippen molar-refractivity contribution in [2.75, 3.05) is 27.4 Å². The molecule has 0 aliphatic carbocycles. The fourth-order valence-corrected chi connectivity index (χ4v) is 2.20. The lowest BCUT2D eigenvalue weighted by atomic mass is 9.99. The number of nitrogens with two attached hydrogens (primary N) is 2. The molecule has 8 nitrogen and oxygen atoms in total. The van der Waals surface area contributed by atoms with Crippen molar-refractivity contribution in [1.82, 2.24) is 0 Å². The minimum Gasteiger partial charge on any atom is -0.468 e. The van der Waals surface area contributed by atoms with Crippen LogP contribution >= 0.6 is 0 Å². The van der Waals surface area contributed by atoms with Crippen molar-refractivity contribution >= 4 is 11.9 Å². The SMILES string of the molecule is COC(=O)[C@@H](N)CCC1(CC[C@H](N)C(=O)OC)OCCO1. The van der Waals surface area contributed by atoms with E-state index >= 15 is 0 Å². The molecule has 0 amide bonds. The predicted octanol–water partition coefficient (Wildman–Crippen LogP) is -0.709. The lowest BCUT2D eigenvalue weighted by molar-refractivity contribution is -0.172. The van der Waals surface area contributed by atoms with Gasteiger partial charge in [0.15, 0.2) is 5.79 Å². The van der Waals surface area contributed by atoms with Gasteiger partial charge in [-0.1, -0.05) is 0 Å². The smallest absolute Gasteiger partial charge is 0.322 e. The van der Waals surface area contributed by atoms with E-state index in [1.54, 1.807) is 0 Å². The number of methoxy groups -OCH3 is 2. The van der Waals surface area contributed by atoms with Crippen molar-refractivity contribution in [3.05, 3.63) is 0 Å². The zero-order valence-electron chi connectivity index (χ0n) is 12.5. The van der Waals surface area contributed by atoms with E-state index in [1.165, 1.54) is 14.2 Å². The number of carbonyl (C=O) groups excluding carboxylic acids is 2. The monoisotopic (exact) mass is 304 g/mol. The number of carbonyl (C=O) groups is 2. The Morgan fingerprint density at radius 1 is 1.00 bits per heavy atom. The van der Waals surface area contributed by atoms with Gasteiger partial charge in [0, 0.05) is 12.8 Å². The van der Waals surface area contributed by atoms with E-state index in [2.05, 4.69) is 9.47 Å². The summed E-state index contributed by atoms with van der Waals surface area (Å²) in [6, 6.07) is -1.46. The van der Waals surface area contributed by atoms with E-state index in [4.69, 9.17) is 20.9 Å². The van der Waals surface area contributed by atoms with E-state index in [-0.39, 0.29) is 0 Å². The molecule has 0 spiro atoms. The lowest BCUT2D eigenvalue weighted by Gasteiger charge is -2.29. The number of rotatable bonds is 8. The van der Waals surface area contributed by atoms with Crippen molar-refractivity contribution in [1.29, 1.82) is 0 Å². The van der Waals surface area contributed by atoms with Crippen LogP contribution in [0.2, 0.25) is 0 Å². The highest BCUT2D eigenvalue weighted by Gasteiger charge is 2.38. The van der Waals surface area contributed by atoms with Crippen LogP contribution in [0, 0.1) is 0 Å². The molecule has 1 saturated heterocycles. The molecule has 122 valence electrons. The Labute approximate surface area is 124 Å². The second-order valence-electron chi connectivity index (χ2n) is 4.94. The summed E-state index contributed by atoms with van der Waals surface area (Å²) >= 11 is 0. The summed E-state index contributed by atoms with van der Waals surface area (Å²) in [5.41, 5.74) is 11.4. The van der Waals surface area contributed by atoms with Crippen LogP contribution in [0.4, 0.5) is 0 Å². The third kappa shape index (κ3) is 5.24. The van der Waals surface area contributed by atoms with Gasteiger partial charge < -0.3 is 30.4 Å². The molecule has 1 fully saturated rings. The summed E-state index contributed by atoms with van der Waals surface area (Å²) in [5, 5.41) is 0. The van der Waals surface area contributed by atoms with Crippen molar-refractivity contribution < 1.29 is 28.5 Å². The average Bonchev–Trinajstić information content (AvgIpc) is 2.97. The first-order valence-electron chi connectivity index (χ1n) is 6.89. The Bertz CT molecular complexity index is 329. The number of ether oxygens (including phenoxy) is 4. The molecule has 0 radical (unpaired) electrons. The third-order valence-corrected chi connectivity index (χ3v) is 3.49. The highest BCUT2D eigenvalue weighted by Crippen LogP contribution is 2.31. The summed E-state index contributed by atoms with van der Waals surface area (Å²) in [6.07, 6.45) is 1.58. The highest BCUT2D eigenvalue weighted by molar-refractivity contribution is 5.75. The molecule has 1 aliphatic rings. The van der Waals surface area contributed by atoms with Crippen LogP contribution in [0.1, 0.15) is 25.7 Å². The molecule has 0 aromatic rings. The van der Waals surface area contributed by atoms with Crippen molar-refractivity contribution in [2.24, 2.45) is 11.5 Å². The zero-order chi connectivity index (χ0) is 15.9. The summed E-state index contributed by atoms with van der Waals surface area (Å²) < 4.78 is 20.4. The lowest BCUT2D eigenvalue weighted by Crippen LogP contribution is -2.39. The highest BCUT2D eigenvalue weighted by atomic mass is 16.7. The molecular formula is C13H24N2O6. The van der Waals surface area contributed by atoms with Crippen LogP contribution in [0.3, 0.4) is 0 Å². The zero-order valence-corrected chi connectivity index (χ0v) is 12.5. The van der Waals surface area contributed by atoms with Crippen LogP contribution < -0.4 is 11.5 Å². The molecule has 1 aliphatic heterocycles. The quantitative estimate of drug-likeness (QED) is 0.564. The van der Waals surface area contributed by atoms with Crippen LogP contribution in [-0.2, 0) is 28.5 Å². The summed E-state index contributed by atoms with van der Waals surface area (Å²) in [4.78, 5) is 22.6. The van der Waals surface area contributed by atoms with Gasteiger partial charge in [-0.25, -0.2) is 0 Å². The molecule has 4 N–H and O–H groups in total. The van der Waals surface area contributed by atoms with Gasteiger partial charge >= 0.3 is 11.9 Å². The molecule has 2 atom stereocenters. The average molecular weight is 304 g/mol. The van der Waals surface area contributed by atoms with E-state index in [0.717, 1.165) is 0 Å². The predicted molar refractivity (Wildman–Crippen MR) is 73.1 cm³/mol. The molecule has 8 heteroatoms. The van der Waals surface area contributed by atoms with E-state index in [1.807, 2.05) is 0 Å². The van der Waals surface area contributed by atoms with Crippen LogP contribution in [0.25, 0.3) is 0 Å². The van der Waals surface area contributed by atoms with Crippen molar-refractivity contribution in [2.45, 2.75) is 43.6 Å². The first-order chi connectivity index (χ1) is 9.94. The standard InChI is InChI=1S/C13H24N2O6/c1-18-11(16)9(14)3-5-13(20-7-8-21-13)6-4-10(15)12(17)19-2/h9-10H,3-8,14-15H2,1-2H3/t9-,10-/m0/s1. The Morgan fingerprint density at radius 3 is 1.71 bits per heavy atom. The number of hydrogen-bond acceptors (Lipinski definition) is 8. The molecule has 0 saturated carbocycles. The van der Waals surface area contributed by atoms with Crippen LogP contribution in [0.5, 0.6) is 0 Å². The first kappa shape index (κ1) is 17.8. The van der Waals surface area contributed by atoms with Crippen molar-refractivity contribution in [3.63, 3.8) is 0 Å². The maximum Gasteiger partial charge on any atom is 0.322 e. The summed E-state index contributed by atoms with van der Waals surface area (Å²) in [6.45, 7) is 0.919. The molecule has 0 aromatic carbocycles. The van der Waals surface area contributed by atoms with Gasteiger partial charge in [0.2, 0.25) is 0 Å². The normalized spacial score (nSPS) is 19.8. The molecular weight excluding hydrogens is 280 g/mol. The van der Waals surface area contributed by atoms with Gasteiger partial charge in [-0.05, 0) is 12.8 Å². The van der Waals surface area contributed by atoms with E-state index in [9.17, 15) is 9.59 Å². The van der Waals surface area contributed by atoms with Gasteiger partial charge in [0.25, 0.3) is 0 Å². The van der Waals surface area contributed by atoms with Crippen molar-refractivity contribution in [3.8, 4) is 0 Å². The fourth-order valence-electron chi connectivity index (χ4n) is 2.20. The maximum atomic E-state index is 11.3. The van der Waals surface area contributed by atoms with Gasteiger partial charge in [-0.15, -0.1) is 0 Å². The van der Waals surface area contributed by atoms with E-state index < -0.39 is 29.8 Å². The minimum atomic E-state index is -0.850. The Morgan fingerprint density at radius 2 is 1.38 bits per heavy atom. The molecule has 21 heavy (non-hydrogen) atoms. The van der Waals surface area contributed by atoms with Gasteiger partial charge in [-0.2, -0.15) is 0 Å². The largest absolute Gasteiger partial charge is 0.468 e. The van der Waals surface area contributed by atoms with Gasteiger partial charge in [0.05, 0.1) is 27.4 Å². The Hall–Kier alpha value is -1.22. The number of esters is 2. The molecule has 0 unspecified atom stereocenters. The third-order valence-electron chi connectivity index (χ3n) is 3.49. The topological polar surface area (TPSA) is 123 Å². The second-order valence-corrected chi connectivity index (χ2v) is 4.94. The van der Waals surface area contributed by atoms with E-state index in [0.29, 0.717) is 38.9 Å². The van der Waals surface area contributed by atoms with Gasteiger partial charge in [0.1, 0.15) is 12.1 Å². The molecule has 1 heterocycles. The molecule has 0 bridgehead atoms. The number of hydrogen-bond donors (Lipinski definition) is 2. The Balaban J connectivity index is 2.50. The van der Waals surface area contributed by atoms with Crippen LogP contribution in [-0.4, -0.2) is 57.2 Å². The summed E-state index contributed by atoms with van der Waals surface area (Å²) in [7, 11) is 2.58. The van der Waals surface area contributed by atoms with Gasteiger partial charge in [-0.3, -0.25) is 9.59 Å². The molecule has 0 aromatic heterocycles. The second kappa shape index (κ2) is 8.28. The fraction of sp³-hybridized carbons (Fsp3) is 0.846. The minimum absolute atomic E-state index is 0.361. The van der Waals surface area contributed by atoms with Crippen LogP contribution in [0.15, 0.2) is 0 Å². The maximum absolute atomic E-state index is 11.3. The molecule has 1 rings (SSSR count). The first-order valence-corrected chi connectivity index (χ1v) is 6.89. The Kier molecular flexibility index (Phi) is 7.03.